The Labute approximate surface area is 112 Å². The number of nitrogen functional groups attached to an aromatic ring is 1. The summed E-state index contributed by atoms with van der Waals surface area (Å²) in [5.41, 5.74) is 8.63. The van der Waals surface area contributed by atoms with Crippen LogP contribution in [0.2, 0.25) is 0 Å². The highest BCUT2D eigenvalue weighted by Crippen LogP contribution is 2.16. The number of nitrogens with two attached hydrogens (primary N) is 1. The molecule has 2 rings (SSSR count). The topological polar surface area (TPSA) is 71.8 Å². The summed E-state index contributed by atoms with van der Waals surface area (Å²) in [6.07, 6.45) is 0.588. The third-order valence-corrected chi connectivity index (χ3v) is 3.23. The molecule has 0 aliphatic carbocycles. The van der Waals surface area contributed by atoms with Crippen molar-refractivity contribution >= 4 is 5.82 Å². The molecule has 0 spiro atoms. The second-order valence-electron chi connectivity index (χ2n) is 5.07. The number of anilines is 1. The summed E-state index contributed by atoms with van der Waals surface area (Å²) in [5, 5.41) is 0. The van der Waals surface area contributed by atoms with Gasteiger partial charge in [-0.25, -0.2) is 4.98 Å². The maximum Gasteiger partial charge on any atom is 0.256 e. The van der Waals surface area contributed by atoms with Crippen molar-refractivity contribution in [1.29, 1.82) is 0 Å². The van der Waals surface area contributed by atoms with Gasteiger partial charge in [0.25, 0.3) is 5.56 Å². The number of nitrogens with zero attached hydrogens (tertiary/aromatic N) is 1. The summed E-state index contributed by atoms with van der Waals surface area (Å²) in [4.78, 5) is 19.1. The third kappa shape index (κ3) is 2.84. The molecular formula is C15H19N3O. The number of nitrogens with one attached hydrogen (secondary N) is 1. The van der Waals surface area contributed by atoms with Gasteiger partial charge in [0.05, 0.1) is 5.56 Å². The quantitative estimate of drug-likeness (QED) is 0.886. The van der Waals surface area contributed by atoms with Crippen LogP contribution in [0.15, 0.2) is 29.1 Å². The lowest BCUT2D eigenvalue weighted by molar-refractivity contribution is 0.817. The molecule has 19 heavy (non-hydrogen) atoms. The molecule has 0 atom stereocenters. The number of rotatable bonds is 3. The Bertz CT molecular complexity index is 644. The Kier molecular flexibility index (Phi) is 3.69. The van der Waals surface area contributed by atoms with Crippen LogP contribution in [-0.4, -0.2) is 9.97 Å². The van der Waals surface area contributed by atoms with Crippen LogP contribution in [0.4, 0.5) is 5.82 Å². The second-order valence-corrected chi connectivity index (χ2v) is 5.07. The molecule has 0 radical (unpaired) electrons. The van der Waals surface area contributed by atoms with E-state index < -0.39 is 0 Å². The van der Waals surface area contributed by atoms with E-state index in [1.807, 2.05) is 45.0 Å². The highest BCUT2D eigenvalue weighted by Gasteiger charge is 2.12. The number of hydrogen-bond acceptors (Lipinski definition) is 3. The first kappa shape index (κ1) is 13.3. The van der Waals surface area contributed by atoms with Crippen LogP contribution in [0.3, 0.4) is 0 Å². The van der Waals surface area contributed by atoms with Gasteiger partial charge in [0.2, 0.25) is 0 Å². The molecule has 1 aromatic heterocycles. The molecule has 0 saturated heterocycles. The Morgan fingerprint density at radius 3 is 2.58 bits per heavy atom. The molecule has 1 aromatic carbocycles. The normalized spacial score (nSPS) is 10.9. The van der Waals surface area contributed by atoms with E-state index in [9.17, 15) is 4.79 Å². The first-order valence-electron chi connectivity index (χ1n) is 6.42. The summed E-state index contributed by atoms with van der Waals surface area (Å²) in [6.45, 7) is 5.91. The van der Waals surface area contributed by atoms with E-state index in [2.05, 4.69) is 9.97 Å². The number of aryl methyl sites for hydroxylation is 1. The molecule has 0 bridgehead atoms. The molecule has 4 nitrogen and oxygen atoms in total. The van der Waals surface area contributed by atoms with Crippen molar-refractivity contribution in [2.75, 3.05) is 5.73 Å². The van der Waals surface area contributed by atoms with Crippen LogP contribution in [0, 0.1) is 6.92 Å². The molecule has 3 N–H and O–H groups in total. The van der Waals surface area contributed by atoms with Crippen molar-refractivity contribution in [2.24, 2.45) is 0 Å². The maximum atomic E-state index is 12.0. The number of hydrogen-bond donors (Lipinski definition) is 2. The molecular weight excluding hydrogens is 238 g/mol. The number of H-pyrrole nitrogens is 1. The van der Waals surface area contributed by atoms with E-state index in [0.29, 0.717) is 23.6 Å². The first-order valence-corrected chi connectivity index (χ1v) is 6.42. The lowest BCUT2D eigenvalue weighted by Crippen LogP contribution is -2.21. The van der Waals surface area contributed by atoms with Crippen molar-refractivity contribution < 1.29 is 0 Å². The largest absolute Gasteiger partial charge is 0.383 e. The van der Waals surface area contributed by atoms with Gasteiger partial charge < -0.3 is 10.7 Å². The highest BCUT2D eigenvalue weighted by molar-refractivity contribution is 5.40. The van der Waals surface area contributed by atoms with Crippen LogP contribution in [-0.2, 0) is 6.42 Å². The average molecular weight is 257 g/mol. The van der Waals surface area contributed by atoms with Gasteiger partial charge in [0.1, 0.15) is 11.6 Å². The lowest BCUT2D eigenvalue weighted by Gasteiger charge is -2.10. The molecule has 0 aliphatic rings. The van der Waals surface area contributed by atoms with Gasteiger partial charge >= 0.3 is 0 Å². The van der Waals surface area contributed by atoms with Gasteiger partial charge in [0.15, 0.2) is 0 Å². The average Bonchev–Trinajstić information content (AvgIpc) is 2.30. The zero-order valence-corrected chi connectivity index (χ0v) is 11.5. The molecule has 0 saturated carbocycles. The summed E-state index contributed by atoms with van der Waals surface area (Å²) >= 11 is 0. The number of benzene rings is 1. The first-order chi connectivity index (χ1) is 8.99. The zero-order chi connectivity index (χ0) is 14.0. The van der Waals surface area contributed by atoms with Crippen LogP contribution < -0.4 is 11.3 Å². The Morgan fingerprint density at radius 1 is 1.32 bits per heavy atom. The fraction of sp³-hybridized carbons (Fsp3) is 0.333. The minimum absolute atomic E-state index is 0.0729. The van der Waals surface area contributed by atoms with Crippen molar-refractivity contribution in [3.05, 3.63) is 57.1 Å². The minimum Gasteiger partial charge on any atom is -0.383 e. The molecule has 0 amide bonds. The van der Waals surface area contributed by atoms with Crippen molar-refractivity contribution in [2.45, 2.75) is 33.1 Å². The Morgan fingerprint density at radius 2 is 2.00 bits per heavy atom. The van der Waals surface area contributed by atoms with E-state index in [1.165, 1.54) is 5.56 Å². The van der Waals surface area contributed by atoms with E-state index in [-0.39, 0.29) is 11.5 Å². The van der Waals surface area contributed by atoms with E-state index in [1.54, 1.807) is 0 Å². The highest BCUT2D eigenvalue weighted by atomic mass is 16.1. The summed E-state index contributed by atoms with van der Waals surface area (Å²) in [7, 11) is 0. The minimum atomic E-state index is -0.133. The van der Waals surface area contributed by atoms with Crippen LogP contribution in [0.1, 0.15) is 42.3 Å². The molecule has 0 aliphatic heterocycles. The summed E-state index contributed by atoms with van der Waals surface area (Å²) < 4.78 is 0. The Hall–Kier alpha value is -2.10. The predicted molar refractivity (Wildman–Crippen MR) is 77.3 cm³/mol. The molecule has 0 fully saturated rings. The van der Waals surface area contributed by atoms with Crippen molar-refractivity contribution in [1.82, 2.24) is 9.97 Å². The van der Waals surface area contributed by atoms with Gasteiger partial charge in [-0.2, -0.15) is 0 Å². The van der Waals surface area contributed by atoms with Gasteiger partial charge in [-0.3, -0.25) is 4.79 Å². The van der Waals surface area contributed by atoms with Gasteiger partial charge in [-0.1, -0.05) is 38.1 Å². The predicted octanol–water partition coefficient (Wildman–Crippen LogP) is 2.37. The Balaban J connectivity index is 2.38. The molecule has 1 heterocycles. The maximum absolute atomic E-state index is 12.0. The van der Waals surface area contributed by atoms with Crippen molar-refractivity contribution in [3.8, 4) is 0 Å². The van der Waals surface area contributed by atoms with Crippen LogP contribution in [0.25, 0.3) is 0 Å². The van der Waals surface area contributed by atoms with Crippen LogP contribution >= 0.6 is 0 Å². The number of aromatic nitrogens is 2. The smallest absolute Gasteiger partial charge is 0.256 e. The molecule has 0 unspecified atom stereocenters. The third-order valence-electron chi connectivity index (χ3n) is 3.23. The van der Waals surface area contributed by atoms with Gasteiger partial charge in [-0.05, 0) is 24.0 Å². The van der Waals surface area contributed by atoms with E-state index >= 15 is 0 Å². The number of aromatic amines is 1. The van der Waals surface area contributed by atoms with Crippen LogP contribution in [0.5, 0.6) is 0 Å². The monoisotopic (exact) mass is 257 g/mol. The van der Waals surface area contributed by atoms with E-state index in [0.717, 1.165) is 5.56 Å². The lowest BCUT2D eigenvalue weighted by atomic mass is 10.0. The van der Waals surface area contributed by atoms with Crippen molar-refractivity contribution in [3.63, 3.8) is 0 Å². The molecule has 4 heteroatoms. The molecule has 100 valence electrons. The van der Waals surface area contributed by atoms with E-state index in [4.69, 9.17) is 5.73 Å². The second kappa shape index (κ2) is 5.26. The fourth-order valence-corrected chi connectivity index (χ4v) is 2.18. The standard InChI is InChI=1S/C15H19N3O/c1-9(2)13-14(16)17-12(18-15(13)19)8-11-7-5-4-6-10(11)3/h4-7,9H,8H2,1-3H3,(H3,16,17,18,19). The summed E-state index contributed by atoms with van der Waals surface area (Å²) in [6, 6.07) is 8.04. The zero-order valence-electron chi connectivity index (χ0n) is 11.5. The fourth-order valence-electron chi connectivity index (χ4n) is 2.18. The van der Waals surface area contributed by atoms with Gasteiger partial charge in [-0.15, -0.1) is 0 Å². The molecule has 2 aromatic rings. The van der Waals surface area contributed by atoms with Gasteiger partial charge in [0, 0.05) is 6.42 Å². The SMILES string of the molecule is Cc1ccccc1Cc1nc(N)c(C(C)C)c(=O)[nH]1. The summed E-state index contributed by atoms with van der Waals surface area (Å²) in [5.74, 6) is 1.02.